The van der Waals surface area contributed by atoms with Crippen LogP contribution in [-0.4, -0.2) is 24.1 Å². The minimum absolute atomic E-state index is 0.0520. The normalized spacial score (nSPS) is 14.3. The van der Waals surface area contributed by atoms with Crippen molar-refractivity contribution in [3.05, 3.63) is 272 Å². The molecule has 0 saturated heterocycles. The zero-order valence-corrected chi connectivity index (χ0v) is 46.7. The Bertz CT molecular complexity index is 5050. The molecule has 5 nitrogen and oxygen atoms in total. The monoisotopic (exact) mass is 1100 g/mol. The van der Waals surface area contributed by atoms with Gasteiger partial charge in [0.25, 0.3) is 0 Å². The molecule has 1 aliphatic carbocycles. The van der Waals surface area contributed by atoms with Crippen molar-refractivity contribution in [3.63, 3.8) is 0 Å². The molecule has 5 heterocycles. The number of benzene rings is 11. The molecule has 83 heavy (non-hydrogen) atoms. The summed E-state index contributed by atoms with van der Waals surface area (Å²) in [5.74, 6) is 1.96. The Hall–Kier alpha value is -10.1. The standard InChI is InChI=1S/C76H49N5S2/c1-46-63(80-64-29-15-11-25-54(64)55-26-12-16-30-65(55)80)39-40-66-72(46)60-38-33-50(47-19-5-2-6-20-47)43-67(60)81(66)73-61(48-21-7-3-8-22-48)41-53(42-62(73)49-23-9-4-10-24-49)76-78-74(51-34-36-58-56-27-13-17-31-68(56)82-70(58)44-51)77-75(79-76)52-35-37-59-57-28-14-18-32-69(57)83-71(59)45-52/h2-46,63H,1H3. The van der Waals surface area contributed by atoms with Gasteiger partial charge in [0.1, 0.15) is 0 Å². The van der Waals surface area contributed by atoms with E-state index >= 15 is 0 Å². The summed E-state index contributed by atoms with van der Waals surface area (Å²) in [5, 5.41) is 8.77. The highest BCUT2D eigenvalue weighted by molar-refractivity contribution is 7.26. The van der Waals surface area contributed by atoms with Crippen molar-refractivity contribution in [1.29, 1.82) is 0 Å². The Labute approximate surface area is 487 Å². The van der Waals surface area contributed by atoms with Gasteiger partial charge < -0.3 is 9.13 Å². The molecule has 7 heteroatoms. The van der Waals surface area contributed by atoms with Crippen LogP contribution in [0.25, 0.3) is 152 Å². The van der Waals surface area contributed by atoms with E-state index < -0.39 is 0 Å². The third-order valence-corrected chi connectivity index (χ3v) is 19.4. The van der Waals surface area contributed by atoms with E-state index in [0.717, 1.165) is 55.7 Å². The number of allylic oxidation sites excluding steroid dienone is 1. The summed E-state index contributed by atoms with van der Waals surface area (Å²) in [6.07, 6.45) is 4.87. The number of para-hydroxylation sites is 2. The van der Waals surface area contributed by atoms with Gasteiger partial charge in [-0.25, -0.2) is 15.0 Å². The van der Waals surface area contributed by atoms with E-state index in [4.69, 9.17) is 15.0 Å². The van der Waals surface area contributed by atoms with Crippen LogP contribution >= 0.6 is 22.7 Å². The second kappa shape index (κ2) is 19.0. The number of nitrogens with zero attached hydrogens (tertiary/aromatic N) is 5. The summed E-state index contributed by atoms with van der Waals surface area (Å²) in [7, 11) is 0. The van der Waals surface area contributed by atoms with Gasteiger partial charge in [0.2, 0.25) is 0 Å². The van der Waals surface area contributed by atoms with Gasteiger partial charge in [-0.05, 0) is 88.5 Å². The lowest BCUT2D eigenvalue weighted by atomic mass is 9.86. The van der Waals surface area contributed by atoms with Gasteiger partial charge in [0, 0.05) is 101 Å². The number of thiophene rings is 2. The Morgan fingerprint density at radius 1 is 0.337 bits per heavy atom. The van der Waals surface area contributed by atoms with E-state index in [1.165, 1.54) is 84.4 Å². The Morgan fingerprint density at radius 3 is 1.31 bits per heavy atom. The summed E-state index contributed by atoms with van der Waals surface area (Å²) < 4.78 is 10.1. The van der Waals surface area contributed by atoms with Gasteiger partial charge in [0.15, 0.2) is 17.5 Å². The predicted molar refractivity (Wildman–Crippen MR) is 351 cm³/mol. The van der Waals surface area contributed by atoms with E-state index in [0.29, 0.717) is 17.5 Å². The zero-order chi connectivity index (χ0) is 54.7. The maximum Gasteiger partial charge on any atom is 0.164 e. The molecule has 0 radical (unpaired) electrons. The van der Waals surface area contributed by atoms with Crippen LogP contribution in [-0.2, 0) is 0 Å². The molecule has 17 rings (SSSR count). The molecular weight excluding hydrogens is 1050 g/mol. The first-order valence-electron chi connectivity index (χ1n) is 28.3. The largest absolute Gasteiger partial charge is 0.333 e. The molecule has 11 aromatic carbocycles. The fourth-order valence-electron chi connectivity index (χ4n) is 13.3. The molecule has 1 aliphatic rings. The first kappa shape index (κ1) is 47.7. The van der Waals surface area contributed by atoms with Crippen LogP contribution in [0.15, 0.2) is 261 Å². The summed E-state index contributed by atoms with van der Waals surface area (Å²) in [6, 6.07) is 92.8. The lowest BCUT2D eigenvalue weighted by molar-refractivity contribution is 0.540. The molecule has 2 atom stereocenters. The van der Waals surface area contributed by atoms with Crippen LogP contribution in [0.1, 0.15) is 30.1 Å². The van der Waals surface area contributed by atoms with Crippen molar-refractivity contribution in [2.24, 2.45) is 0 Å². The Morgan fingerprint density at radius 2 is 0.771 bits per heavy atom. The number of fused-ring (bicyclic) bond motifs is 12. The molecule has 2 unspecified atom stereocenters. The second-order valence-electron chi connectivity index (χ2n) is 21.9. The molecule has 0 spiro atoms. The maximum atomic E-state index is 5.54. The lowest BCUT2D eigenvalue weighted by Crippen LogP contribution is -2.18. The lowest BCUT2D eigenvalue weighted by Gasteiger charge is -2.29. The average Bonchev–Trinajstić information content (AvgIpc) is 2.66. The zero-order valence-electron chi connectivity index (χ0n) is 45.1. The van der Waals surface area contributed by atoms with Gasteiger partial charge in [0.05, 0.1) is 22.9 Å². The summed E-state index contributed by atoms with van der Waals surface area (Å²) in [6.45, 7) is 2.43. The molecule has 0 bridgehead atoms. The molecule has 0 N–H and O–H groups in total. The molecule has 0 aliphatic heterocycles. The van der Waals surface area contributed by atoms with Crippen LogP contribution in [0.3, 0.4) is 0 Å². The highest BCUT2D eigenvalue weighted by Gasteiger charge is 2.34. The smallest absolute Gasteiger partial charge is 0.164 e. The first-order chi connectivity index (χ1) is 41.1. The SMILES string of the molecule is CC1c2c(n(-c3c(-c4ccccc4)cc(-c4nc(-c5ccc6c(c5)sc5ccccc56)nc(-c5ccc6c(c5)sc5ccccc56)n4)cc3-c3ccccc3)c3cc(-c4ccccc4)ccc23)C=CC1n1c2ccccc2c2ccccc21. The number of rotatable bonds is 8. The van der Waals surface area contributed by atoms with E-state index in [9.17, 15) is 0 Å². The van der Waals surface area contributed by atoms with Gasteiger partial charge in [-0.1, -0.05) is 213 Å². The van der Waals surface area contributed by atoms with Crippen molar-refractivity contribution in [3.8, 4) is 73.2 Å². The van der Waals surface area contributed by atoms with E-state index in [1.807, 2.05) is 0 Å². The van der Waals surface area contributed by atoms with Crippen LogP contribution < -0.4 is 0 Å². The van der Waals surface area contributed by atoms with Gasteiger partial charge >= 0.3 is 0 Å². The molecule has 0 fully saturated rings. The molecule has 0 amide bonds. The number of hydrogen-bond donors (Lipinski definition) is 0. The minimum atomic E-state index is 0.0520. The molecule has 390 valence electrons. The first-order valence-corrected chi connectivity index (χ1v) is 30.0. The summed E-state index contributed by atoms with van der Waals surface area (Å²) >= 11 is 3.61. The van der Waals surface area contributed by atoms with Gasteiger partial charge in [-0.15, -0.1) is 22.7 Å². The van der Waals surface area contributed by atoms with E-state index in [2.05, 4.69) is 283 Å². The highest BCUT2D eigenvalue weighted by atomic mass is 32.1. The number of aromatic nitrogens is 5. The van der Waals surface area contributed by atoms with Crippen LogP contribution in [0.4, 0.5) is 0 Å². The Kier molecular flexibility index (Phi) is 10.9. The molecular formula is C76H49N5S2. The molecule has 0 saturated carbocycles. The van der Waals surface area contributed by atoms with E-state index in [1.54, 1.807) is 22.7 Å². The fourth-order valence-corrected chi connectivity index (χ4v) is 15.6. The Balaban J connectivity index is 0.932. The quantitative estimate of drug-likeness (QED) is 0.152. The topological polar surface area (TPSA) is 48.5 Å². The highest BCUT2D eigenvalue weighted by Crippen LogP contribution is 2.50. The third-order valence-electron chi connectivity index (χ3n) is 17.2. The average molecular weight is 1100 g/mol. The van der Waals surface area contributed by atoms with Crippen LogP contribution in [0.2, 0.25) is 0 Å². The van der Waals surface area contributed by atoms with Crippen molar-refractivity contribution >= 4 is 102 Å². The number of hydrogen-bond acceptors (Lipinski definition) is 5. The van der Waals surface area contributed by atoms with Crippen molar-refractivity contribution in [2.45, 2.75) is 18.9 Å². The fraction of sp³-hybridized carbons (Fsp3) is 0.0395. The van der Waals surface area contributed by atoms with Crippen LogP contribution in [0.5, 0.6) is 0 Å². The summed E-state index contributed by atoms with van der Waals surface area (Å²) in [4.78, 5) is 16.5. The molecule has 5 aromatic heterocycles. The third kappa shape index (κ3) is 7.69. The van der Waals surface area contributed by atoms with Crippen molar-refractivity contribution < 1.29 is 0 Å². The summed E-state index contributed by atoms with van der Waals surface area (Å²) in [5.41, 5.74) is 16.7. The van der Waals surface area contributed by atoms with E-state index in [-0.39, 0.29) is 12.0 Å². The second-order valence-corrected chi connectivity index (χ2v) is 24.0. The minimum Gasteiger partial charge on any atom is -0.333 e. The van der Waals surface area contributed by atoms with Crippen LogP contribution in [0, 0.1) is 0 Å². The molecule has 16 aromatic rings. The predicted octanol–water partition coefficient (Wildman–Crippen LogP) is 21.0. The maximum absolute atomic E-state index is 5.54. The van der Waals surface area contributed by atoms with Gasteiger partial charge in [-0.2, -0.15) is 0 Å². The van der Waals surface area contributed by atoms with Crippen molar-refractivity contribution in [1.82, 2.24) is 24.1 Å². The van der Waals surface area contributed by atoms with Gasteiger partial charge in [-0.3, -0.25) is 0 Å². The van der Waals surface area contributed by atoms with Crippen molar-refractivity contribution in [2.75, 3.05) is 0 Å².